The first-order chi connectivity index (χ1) is 11.0. The second-order valence-electron chi connectivity index (χ2n) is 4.73. The molecular weight excluding hydrogens is 306 g/mol. The molecule has 2 aromatic carbocycles. The van der Waals surface area contributed by atoms with Crippen molar-refractivity contribution in [2.45, 2.75) is 6.04 Å². The number of nitrogens with one attached hydrogen (secondary N) is 2. The summed E-state index contributed by atoms with van der Waals surface area (Å²) in [7, 11) is 1.53. The van der Waals surface area contributed by atoms with Gasteiger partial charge in [0.15, 0.2) is 0 Å². The van der Waals surface area contributed by atoms with Crippen molar-refractivity contribution in [3.63, 3.8) is 0 Å². The van der Waals surface area contributed by atoms with Gasteiger partial charge in [-0.3, -0.25) is 0 Å². The molecule has 0 saturated carbocycles. The minimum atomic E-state index is -0.884. The first-order valence-electron chi connectivity index (χ1n) is 6.81. The summed E-state index contributed by atoms with van der Waals surface area (Å²) in [5, 5.41) is 14.2. The topological polar surface area (TPSA) is 70.6 Å². The normalized spacial score (nSPS) is 11.7. The number of hydrogen-bond acceptors (Lipinski definition) is 3. The lowest BCUT2D eigenvalue weighted by Gasteiger charge is -2.17. The van der Waals surface area contributed by atoms with Crippen LogP contribution in [0.4, 0.5) is 19.3 Å². The summed E-state index contributed by atoms with van der Waals surface area (Å²) in [4.78, 5) is 11.9. The zero-order chi connectivity index (χ0) is 16.8. The van der Waals surface area contributed by atoms with E-state index in [0.717, 1.165) is 12.1 Å². The van der Waals surface area contributed by atoms with E-state index in [0.29, 0.717) is 17.4 Å². The van der Waals surface area contributed by atoms with Crippen LogP contribution in [0.15, 0.2) is 42.5 Å². The van der Waals surface area contributed by atoms with Gasteiger partial charge in [-0.05, 0) is 29.8 Å². The number of rotatable bonds is 5. The molecule has 0 saturated heterocycles. The third-order valence-corrected chi connectivity index (χ3v) is 3.19. The molecule has 0 aliphatic rings. The van der Waals surface area contributed by atoms with Crippen molar-refractivity contribution in [1.29, 1.82) is 0 Å². The number of methoxy groups -OCH3 is 1. The van der Waals surface area contributed by atoms with Gasteiger partial charge in [-0.15, -0.1) is 0 Å². The SMILES string of the molecule is COc1ccc([C@@H](CO)NC(=O)Nc2ccc(F)cc2F)cc1. The van der Waals surface area contributed by atoms with Gasteiger partial charge in [0.1, 0.15) is 17.4 Å². The lowest BCUT2D eigenvalue weighted by atomic mass is 10.1. The van der Waals surface area contributed by atoms with E-state index in [1.165, 1.54) is 7.11 Å². The van der Waals surface area contributed by atoms with E-state index in [1.54, 1.807) is 24.3 Å². The van der Waals surface area contributed by atoms with E-state index >= 15 is 0 Å². The number of carbonyl (C=O) groups is 1. The molecule has 23 heavy (non-hydrogen) atoms. The van der Waals surface area contributed by atoms with Crippen LogP contribution in [-0.4, -0.2) is 24.9 Å². The lowest BCUT2D eigenvalue weighted by Crippen LogP contribution is -2.34. The molecule has 1 atom stereocenters. The number of urea groups is 1. The minimum absolute atomic E-state index is 0.157. The van der Waals surface area contributed by atoms with Gasteiger partial charge < -0.3 is 20.5 Å². The molecule has 3 N–H and O–H groups in total. The smallest absolute Gasteiger partial charge is 0.319 e. The maximum Gasteiger partial charge on any atom is 0.319 e. The Balaban J connectivity index is 2.04. The molecule has 0 aliphatic carbocycles. The highest BCUT2D eigenvalue weighted by atomic mass is 19.1. The number of hydrogen-bond donors (Lipinski definition) is 3. The van der Waals surface area contributed by atoms with Crippen molar-refractivity contribution in [1.82, 2.24) is 5.32 Å². The number of benzene rings is 2. The predicted octanol–water partition coefficient (Wildman–Crippen LogP) is 2.83. The van der Waals surface area contributed by atoms with E-state index in [9.17, 15) is 18.7 Å². The Morgan fingerprint density at radius 2 is 1.91 bits per heavy atom. The molecule has 0 bridgehead atoms. The third-order valence-electron chi connectivity index (χ3n) is 3.19. The average Bonchev–Trinajstić information content (AvgIpc) is 2.55. The van der Waals surface area contributed by atoms with Crippen molar-refractivity contribution < 1.29 is 23.4 Å². The second kappa shape index (κ2) is 7.55. The molecule has 7 heteroatoms. The van der Waals surface area contributed by atoms with Gasteiger partial charge in [0, 0.05) is 6.07 Å². The largest absolute Gasteiger partial charge is 0.497 e. The molecule has 2 rings (SSSR count). The number of amides is 2. The van der Waals surface area contributed by atoms with Crippen LogP contribution in [0.3, 0.4) is 0 Å². The molecule has 0 fully saturated rings. The highest BCUT2D eigenvalue weighted by Gasteiger charge is 2.15. The van der Waals surface area contributed by atoms with Crippen LogP contribution >= 0.6 is 0 Å². The van der Waals surface area contributed by atoms with Crippen LogP contribution in [0.1, 0.15) is 11.6 Å². The Bertz CT molecular complexity index is 678. The Kier molecular flexibility index (Phi) is 5.48. The highest BCUT2D eigenvalue weighted by molar-refractivity contribution is 5.89. The number of ether oxygens (including phenoxy) is 1. The maximum absolute atomic E-state index is 13.5. The quantitative estimate of drug-likeness (QED) is 0.793. The van der Waals surface area contributed by atoms with E-state index in [2.05, 4.69) is 10.6 Å². The van der Waals surface area contributed by atoms with Gasteiger partial charge >= 0.3 is 6.03 Å². The molecule has 0 spiro atoms. The molecule has 2 amide bonds. The Hall–Kier alpha value is -2.67. The molecule has 2 aromatic rings. The first-order valence-corrected chi connectivity index (χ1v) is 6.81. The van der Waals surface area contributed by atoms with E-state index < -0.39 is 23.7 Å². The summed E-state index contributed by atoms with van der Waals surface area (Å²) >= 11 is 0. The highest BCUT2D eigenvalue weighted by Crippen LogP contribution is 2.18. The van der Waals surface area contributed by atoms with Crippen molar-refractivity contribution in [2.24, 2.45) is 0 Å². The Morgan fingerprint density at radius 3 is 2.48 bits per heavy atom. The fraction of sp³-hybridized carbons (Fsp3) is 0.188. The van der Waals surface area contributed by atoms with Crippen molar-refractivity contribution in [2.75, 3.05) is 19.0 Å². The molecule has 5 nitrogen and oxygen atoms in total. The van der Waals surface area contributed by atoms with Crippen molar-refractivity contribution >= 4 is 11.7 Å². The van der Waals surface area contributed by atoms with Gasteiger partial charge in [0.05, 0.1) is 25.4 Å². The fourth-order valence-corrected chi connectivity index (χ4v) is 1.98. The predicted molar refractivity (Wildman–Crippen MR) is 81.3 cm³/mol. The van der Waals surface area contributed by atoms with Crippen LogP contribution in [0.25, 0.3) is 0 Å². The van der Waals surface area contributed by atoms with Crippen molar-refractivity contribution in [3.05, 3.63) is 59.7 Å². The summed E-state index contributed by atoms with van der Waals surface area (Å²) in [6, 6.07) is 8.19. The molecular formula is C16H16F2N2O3. The van der Waals surface area contributed by atoms with Gasteiger partial charge in [-0.25, -0.2) is 13.6 Å². The van der Waals surface area contributed by atoms with E-state index in [-0.39, 0.29) is 12.3 Å². The molecule has 0 radical (unpaired) electrons. The number of aliphatic hydroxyl groups excluding tert-OH is 1. The number of halogens is 2. The Labute approximate surface area is 131 Å². The molecule has 0 unspecified atom stereocenters. The van der Waals surface area contributed by atoms with E-state index in [4.69, 9.17) is 4.74 Å². The van der Waals surface area contributed by atoms with Crippen LogP contribution in [0.2, 0.25) is 0 Å². The van der Waals surface area contributed by atoms with Gasteiger partial charge in [0.25, 0.3) is 0 Å². The van der Waals surface area contributed by atoms with Crippen LogP contribution in [0.5, 0.6) is 5.75 Å². The molecule has 0 aromatic heterocycles. The van der Waals surface area contributed by atoms with Crippen LogP contribution in [0, 0.1) is 11.6 Å². The average molecular weight is 322 g/mol. The summed E-state index contributed by atoms with van der Waals surface area (Å²) in [6.07, 6.45) is 0. The molecule has 0 heterocycles. The monoisotopic (exact) mass is 322 g/mol. The zero-order valence-corrected chi connectivity index (χ0v) is 12.3. The fourth-order valence-electron chi connectivity index (χ4n) is 1.98. The molecule has 122 valence electrons. The number of carbonyl (C=O) groups excluding carboxylic acids is 1. The number of aliphatic hydroxyl groups is 1. The van der Waals surface area contributed by atoms with Gasteiger partial charge in [0.2, 0.25) is 0 Å². The Morgan fingerprint density at radius 1 is 1.22 bits per heavy atom. The zero-order valence-electron chi connectivity index (χ0n) is 12.3. The summed E-state index contributed by atoms with van der Waals surface area (Å²) in [5.74, 6) is -0.978. The lowest BCUT2D eigenvalue weighted by molar-refractivity contribution is 0.225. The summed E-state index contributed by atoms with van der Waals surface area (Å²) in [5.41, 5.74) is 0.498. The van der Waals surface area contributed by atoms with Gasteiger partial charge in [-0.1, -0.05) is 12.1 Å². The maximum atomic E-state index is 13.5. The molecule has 0 aliphatic heterocycles. The van der Waals surface area contributed by atoms with Crippen LogP contribution in [-0.2, 0) is 0 Å². The second-order valence-corrected chi connectivity index (χ2v) is 4.73. The standard InChI is InChI=1S/C16H16F2N2O3/c1-23-12-5-2-10(3-6-12)15(9-21)20-16(22)19-14-7-4-11(17)8-13(14)18/h2-8,15,21H,9H2,1H3,(H2,19,20,22)/t15-/m1/s1. The first kappa shape index (κ1) is 16.7. The van der Waals surface area contributed by atoms with Crippen LogP contribution < -0.4 is 15.4 Å². The summed E-state index contributed by atoms with van der Waals surface area (Å²) in [6.45, 7) is -0.342. The van der Waals surface area contributed by atoms with E-state index in [1.807, 2.05) is 0 Å². The third kappa shape index (κ3) is 4.40. The summed E-state index contributed by atoms with van der Waals surface area (Å²) < 4.78 is 31.3. The number of anilines is 1. The van der Waals surface area contributed by atoms with Gasteiger partial charge in [-0.2, -0.15) is 0 Å². The van der Waals surface area contributed by atoms with Crippen molar-refractivity contribution in [3.8, 4) is 5.75 Å². The minimum Gasteiger partial charge on any atom is -0.497 e.